The first-order valence-corrected chi connectivity index (χ1v) is 14.0. The minimum absolute atomic E-state index is 0.00825. The molecule has 0 unspecified atom stereocenters. The van der Waals surface area contributed by atoms with Crippen LogP contribution in [0, 0.1) is 13.8 Å². The van der Waals surface area contributed by atoms with E-state index in [0.717, 1.165) is 64.9 Å². The van der Waals surface area contributed by atoms with E-state index in [1.54, 1.807) is 27.7 Å². The van der Waals surface area contributed by atoms with Crippen LogP contribution in [0.3, 0.4) is 0 Å². The van der Waals surface area contributed by atoms with Gasteiger partial charge in [-0.3, -0.25) is 4.90 Å². The Kier molecular flexibility index (Phi) is 8.27. The maximum atomic E-state index is 6.68. The molecule has 2 aromatic carbocycles. The summed E-state index contributed by atoms with van der Waals surface area (Å²) in [7, 11) is 7.11. The number of nitrogens with one attached hydrogen (secondary N) is 1. The number of methoxy groups -OCH3 is 3. The third kappa shape index (κ3) is 5.72. The van der Waals surface area contributed by atoms with Gasteiger partial charge < -0.3 is 29.2 Å². The summed E-state index contributed by atoms with van der Waals surface area (Å²) in [5, 5.41) is 4.17. The van der Waals surface area contributed by atoms with Gasteiger partial charge in [0.1, 0.15) is 46.3 Å². The molecule has 0 atom stereocenters. The Morgan fingerprint density at radius 1 is 0.929 bits per heavy atom. The second-order valence-corrected chi connectivity index (χ2v) is 11.2. The molecule has 1 fully saturated rings. The molecule has 2 aromatic heterocycles. The topological polar surface area (TPSA) is 94.1 Å². The molecule has 222 valence electrons. The van der Waals surface area contributed by atoms with E-state index >= 15 is 0 Å². The zero-order valence-electron chi connectivity index (χ0n) is 25.7. The van der Waals surface area contributed by atoms with Gasteiger partial charge in [-0.15, -0.1) is 0 Å². The Morgan fingerprint density at radius 2 is 1.71 bits per heavy atom. The van der Waals surface area contributed by atoms with Crippen LogP contribution < -0.4 is 29.2 Å². The first-order chi connectivity index (χ1) is 20.1. The molecule has 0 bridgehead atoms. The number of benzene rings is 2. The number of pyridine rings is 1. The quantitative estimate of drug-likeness (QED) is 0.273. The molecule has 10 nitrogen and oxygen atoms in total. The highest BCUT2D eigenvalue weighted by Gasteiger charge is 2.32. The fourth-order valence-corrected chi connectivity index (χ4v) is 5.30. The van der Waals surface area contributed by atoms with Crippen LogP contribution in [0.4, 0.5) is 11.6 Å². The van der Waals surface area contributed by atoms with E-state index in [2.05, 4.69) is 46.0 Å². The van der Waals surface area contributed by atoms with Crippen molar-refractivity contribution >= 4 is 22.5 Å². The fourth-order valence-electron chi connectivity index (χ4n) is 5.30. The first kappa shape index (κ1) is 29.2. The lowest BCUT2D eigenvalue weighted by atomic mass is 10.00. The van der Waals surface area contributed by atoms with Gasteiger partial charge in [0.15, 0.2) is 0 Å². The lowest BCUT2D eigenvalue weighted by Gasteiger charge is -2.45. The minimum Gasteiger partial charge on any atom is -0.497 e. The van der Waals surface area contributed by atoms with Crippen molar-refractivity contribution in [1.82, 2.24) is 19.9 Å². The molecule has 42 heavy (non-hydrogen) atoms. The van der Waals surface area contributed by atoms with Gasteiger partial charge in [-0.1, -0.05) is 6.07 Å². The number of ether oxygens (including phenoxy) is 4. The van der Waals surface area contributed by atoms with Gasteiger partial charge in [-0.2, -0.15) is 4.98 Å². The van der Waals surface area contributed by atoms with E-state index in [0.29, 0.717) is 29.4 Å². The number of hydrogen-bond acceptors (Lipinski definition) is 10. The molecule has 0 amide bonds. The summed E-state index contributed by atoms with van der Waals surface area (Å²) in [4.78, 5) is 19.1. The maximum Gasteiger partial charge on any atom is 0.234 e. The third-order valence-corrected chi connectivity index (χ3v) is 8.13. The molecule has 0 spiro atoms. The molecule has 0 saturated carbocycles. The third-order valence-electron chi connectivity index (χ3n) is 8.13. The van der Waals surface area contributed by atoms with Crippen molar-refractivity contribution in [3.63, 3.8) is 0 Å². The smallest absolute Gasteiger partial charge is 0.234 e. The van der Waals surface area contributed by atoms with Gasteiger partial charge in [-0.05, 0) is 58.5 Å². The predicted octanol–water partition coefficient (Wildman–Crippen LogP) is 5.60. The van der Waals surface area contributed by atoms with Crippen LogP contribution in [0.25, 0.3) is 10.9 Å². The Hall–Kier alpha value is -4.31. The second-order valence-electron chi connectivity index (χ2n) is 11.2. The van der Waals surface area contributed by atoms with Crippen LogP contribution in [0.15, 0.2) is 42.7 Å². The predicted molar refractivity (Wildman–Crippen MR) is 166 cm³/mol. The molecule has 0 aliphatic carbocycles. The Labute approximate surface area is 247 Å². The number of piperazine rings is 1. The minimum atomic E-state index is -0.00825. The molecule has 10 heteroatoms. The molecular formula is C32H40N6O4. The summed E-state index contributed by atoms with van der Waals surface area (Å²) in [5.74, 6) is 4.76. The summed E-state index contributed by atoms with van der Waals surface area (Å²) in [6.45, 7) is 11.6. The van der Waals surface area contributed by atoms with E-state index in [9.17, 15) is 0 Å². The molecular weight excluding hydrogens is 532 g/mol. The number of hydrogen-bond donors (Lipinski definition) is 1. The Bertz CT molecular complexity index is 1590. The average molecular weight is 573 g/mol. The van der Waals surface area contributed by atoms with Crippen LogP contribution >= 0.6 is 0 Å². The molecule has 1 saturated heterocycles. The summed E-state index contributed by atoms with van der Waals surface area (Å²) in [5.41, 5.74) is 3.56. The summed E-state index contributed by atoms with van der Waals surface area (Å²) in [6.07, 6.45) is 1.57. The summed E-state index contributed by atoms with van der Waals surface area (Å²) < 4.78 is 23.2. The molecule has 1 N–H and O–H groups in total. The van der Waals surface area contributed by atoms with Gasteiger partial charge in [0.05, 0.1) is 26.8 Å². The maximum absolute atomic E-state index is 6.68. The van der Waals surface area contributed by atoms with Gasteiger partial charge in [0.25, 0.3) is 0 Å². The van der Waals surface area contributed by atoms with Gasteiger partial charge >= 0.3 is 0 Å². The number of anilines is 2. The van der Waals surface area contributed by atoms with Crippen LogP contribution in [-0.4, -0.2) is 73.4 Å². The van der Waals surface area contributed by atoms with Crippen LogP contribution in [0.5, 0.6) is 28.9 Å². The Morgan fingerprint density at radius 3 is 2.43 bits per heavy atom. The molecule has 5 rings (SSSR count). The van der Waals surface area contributed by atoms with Crippen molar-refractivity contribution < 1.29 is 18.9 Å². The monoisotopic (exact) mass is 572 g/mol. The molecule has 1 aliphatic heterocycles. The normalized spacial score (nSPS) is 15.0. The van der Waals surface area contributed by atoms with Crippen LogP contribution in [-0.2, 0) is 6.54 Å². The number of nitrogens with zero attached hydrogens (tertiary/aromatic N) is 5. The van der Waals surface area contributed by atoms with E-state index in [4.69, 9.17) is 23.9 Å². The van der Waals surface area contributed by atoms with Crippen LogP contribution in [0.2, 0.25) is 0 Å². The average Bonchev–Trinajstić information content (AvgIpc) is 2.99. The number of fused-ring (bicyclic) bond motifs is 1. The second kappa shape index (κ2) is 11.9. The Balaban J connectivity index is 1.60. The van der Waals surface area contributed by atoms with E-state index in [1.807, 2.05) is 50.2 Å². The molecule has 1 aliphatic rings. The van der Waals surface area contributed by atoms with Gasteiger partial charge in [0, 0.05) is 55.0 Å². The SMILES string of the molecule is COc1ccc(CNc2ncnc3cc(N4CCN(C)C(C)(C)C4)nc(Oc4c(C)ccc(OC)c4C)c23)c(OC)c1. The number of rotatable bonds is 9. The lowest BCUT2D eigenvalue weighted by molar-refractivity contribution is 0.138. The highest BCUT2D eigenvalue weighted by atomic mass is 16.5. The fraction of sp³-hybridized carbons (Fsp3) is 0.406. The largest absolute Gasteiger partial charge is 0.497 e. The van der Waals surface area contributed by atoms with Crippen molar-refractivity contribution in [2.75, 3.05) is 58.2 Å². The van der Waals surface area contributed by atoms with Gasteiger partial charge in [0.2, 0.25) is 5.88 Å². The van der Waals surface area contributed by atoms with E-state index in [-0.39, 0.29) is 5.54 Å². The highest BCUT2D eigenvalue weighted by molar-refractivity contribution is 5.95. The van der Waals surface area contributed by atoms with Crippen molar-refractivity contribution in [2.45, 2.75) is 39.8 Å². The number of likely N-dealkylation sites (N-methyl/N-ethyl adjacent to an activating group) is 1. The highest BCUT2D eigenvalue weighted by Crippen LogP contribution is 2.40. The zero-order valence-corrected chi connectivity index (χ0v) is 25.7. The number of aryl methyl sites for hydroxylation is 1. The van der Waals surface area contributed by atoms with E-state index < -0.39 is 0 Å². The lowest BCUT2D eigenvalue weighted by Crippen LogP contribution is -2.57. The van der Waals surface area contributed by atoms with Crippen molar-refractivity contribution in [3.8, 4) is 28.9 Å². The van der Waals surface area contributed by atoms with Crippen molar-refractivity contribution in [2.24, 2.45) is 0 Å². The molecule has 3 heterocycles. The molecule has 4 aromatic rings. The first-order valence-electron chi connectivity index (χ1n) is 14.0. The van der Waals surface area contributed by atoms with Gasteiger partial charge in [-0.25, -0.2) is 9.97 Å². The summed E-state index contributed by atoms with van der Waals surface area (Å²) in [6, 6.07) is 11.7. The van der Waals surface area contributed by atoms with Crippen molar-refractivity contribution in [1.29, 1.82) is 0 Å². The number of aromatic nitrogens is 3. The van der Waals surface area contributed by atoms with E-state index in [1.165, 1.54) is 0 Å². The van der Waals surface area contributed by atoms with Crippen molar-refractivity contribution in [3.05, 3.63) is 59.4 Å². The summed E-state index contributed by atoms with van der Waals surface area (Å²) >= 11 is 0. The van der Waals surface area contributed by atoms with Crippen LogP contribution in [0.1, 0.15) is 30.5 Å². The zero-order chi connectivity index (χ0) is 30.0. The standard InChI is InChI=1S/C32H40N6O4/c1-20-9-12-25(40-7)21(2)29(20)42-31-28-24(16-27(36-31)38-14-13-37(5)32(3,4)18-38)34-19-35-30(28)33-17-22-10-11-23(39-6)15-26(22)41-8/h9-12,15-16,19H,13-14,17-18H2,1-8H3,(H,33,34,35). The molecule has 0 radical (unpaired) electrons.